The molecule has 0 amide bonds. The van der Waals surface area contributed by atoms with E-state index in [1.54, 1.807) is 0 Å². The van der Waals surface area contributed by atoms with Gasteiger partial charge in [0, 0.05) is 25.4 Å². The molecule has 3 rings (SSSR count). The second-order valence-corrected chi connectivity index (χ2v) is 6.42. The van der Waals surface area contributed by atoms with E-state index in [1.807, 2.05) is 0 Å². The number of hydrogen-bond acceptors (Lipinski definition) is 3. The second-order valence-electron chi connectivity index (χ2n) is 6.42. The summed E-state index contributed by atoms with van der Waals surface area (Å²) in [4.78, 5) is 2.49. The summed E-state index contributed by atoms with van der Waals surface area (Å²) in [5.41, 5.74) is 2.82. The highest BCUT2D eigenvalue weighted by Gasteiger charge is 2.40. The van der Waals surface area contributed by atoms with Gasteiger partial charge in [0.05, 0.1) is 13.2 Å². The lowest BCUT2D eigenvalue weighted by Crippen LogP contribution is -2.42. The Morgan fingerprint density at radius 3 is 2.19 bits per heavy atom. The van der Waals surface area contributed by atoms with Crippen LogP contribution < -0.4 is 0 Å². The first-order valence-electron chi connectivity index (χ1n) is 8.27. The lowest BCUT2D eigenvalue weighted by Gasteiger charge is -2.39. The number of ether oxygens (including phenoxy) is 2. The molecule has 1 heterocycles. The summed E-state index contributed by atoms with van der Waals surface area (Å²) in [6.45, 7) is 4.77. The van der Waals surface area contributed by atoms with Crippen molar-refractivity contribution in [2.24, 2.45) is 0 Å². The lowest BCUT2D eigenvalue weighted by molar-refractivity contribution is -0.183. The molecule has 3 heteroatoms. The Kier molecular flexibility index (Phi) is 4.63. The molecule has 1 aromatic rings. The van der Waals surface area contributed by atoms with E-state index in [1.165, 1.54) is 24.0 Å². The predicted molar refractivity (Wildman–Crippen MR) is 84.2 cm³/mol. The highest BCUT2D eigenvalue weighted by molar-refractivity contribution is 5.22. The zero-order valence-electron chi connectivity index (χ0n) is 13.3. The average molecular weight is 289 g/mol. The Morgan fingerprint density at radius 1 is 1.05 bits per heavy atom. The molecular formula is C18H27NO2. The van der Waals surface area contributed by atoms with Crippen molar-refractivity contribution in [3.63, 3.8) is 0 Å². The molecule has 21 heavy (non-hydrogen) atoms. The maximum atomic E-state index is 5.81. The fraction of sp³-hybridized carbons (Fsp3) is 0.667. The largest absolute Gasteiger partial charge is 0.348 e. The van der Waals surface area contributed by atoms with Gasteiger partial charge in [-0.3, -0.25) is 4.90 Å². The maximum absolute atomic E-state index is 5.81. The van der Waals surface area contributed by atoms with Crippen LogP contribution in [0.2, 0.25) is 0 Å². The number of benzene rings is 1. The molecule has 1 saturated heterocycles. The van der Waals surface area contributed by atoms with Gasteiger partial charge in [0.25, 0.3) is 0 Å². The normalized spacial score (nSPS) is 22.2. The third-order valence-electron chi connectivity index (χ3n) is 5.02. The van der Waals surface area contributed by atoms with E-state index in [-0.39, 0.29) is 5.79 Å². The molecule has 0 bridgehead atoms. The Morgan fingerprint density at radius 2 is 1.62 bits per heavy atom. The summed E-state index contributed by atoms with van der Waals surface area (Å²) in [7, 11) is 2.24. The van der Waals surface area contributed by atoms with E-state index in [2.05, 4.69) is 43.1 Å². The molecule has 2 aliphatic rings. The van der Waals surface area contributed by atoms with Gasteiger partial charge in [0.2, 0.25) is 0 Å². The zero-order valence-corrected chi connectivity index (χ0v) is 13.3. The molecule has 1 aromatic carbocycles. The molecule has 2 fully saturated rings. The van der Waals surface area contributed by atoms with E-state index in [0.29, 0.717) is 6.04 Å². The molecule has 1 aliphatic heterocycles. The Balaban J connectivity index is 1.52. The summed E-state index contributed by atoms with van der Waals surface area (Å²) in [5.74, 6) is -0.236. The van der Waals surface area contributed by atoms with Gasteiger partial charge in [-0.2, -0.15) is 0 Å². The molecule has 116 valence electrons. The third-order valence-corrected chi connectivity index (χ3v) is 5.02. The van der Waals surface area contributed by atoms with Crippen molar-refractivity contribution < 1.29 is 9.47 Å². The molecule has 1 aliphatic carbocycles. The summed E-state index contributed by atoms with van der Waals surface area (Å²) >= 11 is 0. The molecule has 0 radical (unpaired) electrons. The van der Waals surface area contributed by atoms with Crippen LogP contribution >= 0.6 is 0 Å². The van der Waals surface area contributed by atoms with Crippen LogP contribution in [-0.4, -0.2) is 37.0 Å². The van der Waals surface area contributed by atoms with Crippen molar-refractivity contribution in [2.45, 2.75) is 57.4 Å². The third kappa shape index (κ3) is 3.47. The van der Waals surface area contributed by atoms with Crippen LogP contribution in [-0.2, 0) is 22.4 Å². The maximum Gasteiger partial charge on any atom is 0.168 e. The van der Waals surface area contributed by atoms with E-state index in [9.17, 15) is 0 Å². The predicted octanol–water partition coefficient (Wildman–Crippen LogP) is 3.37. The molecule has 0 aromatic heterocycles. The van der Waals surface area contributed by atoms with Gasteiger partial charge in [-0.05, 0) is 37.4 Å². The van der Waals surface area contributed by atoms with Crippen LogP contribution in [0.4, 0.5) is 0 Å². The van der Waals surface area contributed by atoms with Crippen LogP contribution in [0.25, 0.3) is 0 Å². The van der Waals surface area contributed by atoms with Gasteiger partial charge in [-0.25, -0.2) is 0 Å². The number of aryl methyl sites for hydroxylation is 1. The van der Waals surface area contributed by atoms with Crippen molar-refractivity contribution in [3.05, 3.63) is 35.4 Å². The van der Waals surface area contributed by atoms with Crippen LogP contribution in [0.1, 0.15) is 43.7 Å². The molecular weight excluding hydrogens is 262 g/mol. The highest BCUT2D eigenvalue weighted by Crippen LogP contribution is 2.37. The molecule has 0 N–H and O–H groups in total. The van der Waals surface area contributed by atoms with Crippen molar-refractivity contribution in [2.75, 3.05) is 20.3 Å². The van der Waals surface area contributed by atoms with Crippen molar-refractivity contribution in [1.29, 1.82) is 0 Å². The summed E-state index contributed by atoms with van der Waals surface area (Å²) in [6, 6.07) is 9.68. The summed E-state index contributed by atoms with van der Waals surface area (Å²) < 4.78 is 11.6. The van der Waals surface area contributed by atoms with Crippen LogP contribution in [0.15, 0.2) is 24.3 Å². The molecule has 0 unspecified atom stereocenters. The first-order valence-corrected chi connectivity index (χ1v) is 8.27. The Hall–Kier alpha value is -0.900. The first kappa shape index (κ1) is 15.0. The van der Waals surface area contributed by atoms with Gasteiger partial charge in [-0.1, -0.05) is 31.2 Å². The van der Waals surface area contributed by atoms with Crippen molar-refractivity contribution in [1.82, 2.24) is 4.90 Å². The van der Waals surface area contributed by atoms with Gasteiger partial charge in [-0.15, -0.1) is 0 Å². The first-order chi connectivity index (χ1) is 10.2. The minimum absolute atomic E-state index is 0.236. The van der Waals surface area contributed by atoms with Crippen molar-refractivity contribution >= 4 is 0 Å². The average Bonchev–Trinajstić information content (AvgIpc) is 2.97. The van der Waals surface area contributed by atoms with Crippen LogP contribution in [0.5, 0.6) is 0 Å². The minimum atomic E-state index is -0.236. The van der Waals surface area contributed by atoms with Gasteiger partial charge < -0.3 is 9.47 Å². The number of hydrogen-bond donors (Lipinski definition) is 0. The van der Waals surface area contributed by atoms with E-state index < -0.39 is 0 Å². The van der Waals surface area contributed by atoms with Gasteiger partial charge in [0.15, 0.2) is 5.79 Å². The minimum Gasteiger partial charge on any atom is -0.348 e. The van der Waals surface area contributed by atoms with Crippen LogP contribution in [0.3, 0.4) is 0 Å². The SMILES string of the molecule is CCc1ccc(CN(C)C2CCC3(CC2)OCCO3)cc1. The lowest BCUT2D eigenvalue weighted by atomic mass is 9.89. The smallest absolute Gasteiger partial charge is 0.168 e. The van der Waals surface area contributed by atoms with Crippen molar-refractivity contribution in [3.8, 4) is 0 Å². The van der Waals surface area contributed by atoms with Crippen LogP contribution in [0, 0.1) is 0 Å². The van der Waals surface area contributed by atoms with E-state index >= 15 is 0 Å². The number of nitrogens with zero attached hydrogens (tertiary/aromatic N) is 1. The van der Waals surface area contributed by atoms with E-state index in [4.69, 9.17) is 9.47 Å². The molecule has 0 atom stereocenters. The standard InChI is InChI=1S/C18H27NO2/c1-3-15-4-6-16(7-5-15)14-19(2)17-8-10-18(11-9-17)20-12-13-21-18/h4-7,17H,3,8-14H2,1-2H3. The number of rotatable bonds is 4. The second kappa shape index (κ2) is 6.47. The fourth-order valence-electron chi connectivity index (χ4n) is 3.57. The van der Waals surface area contributed by atoms with Gasteiger partial charge >= 0.3 is 0 Å². The topological polar surface area (TPSA) is 21.7 Å². The fourth-order valence-corrected chi connectivity index (χ4v) is 3.57. The Labute approximate surface area is 128 Å². The summed E-state index contributed by atoms with van der Waals surface area (Å²) in [5, 5.41) is 0. The quantitative estimate of drug-likeness (QED) is 0.848. The zero-order chi connectivity index (χ0) is 14.7. The molecule has 1 spiro atoms. The monoisotopic (exact) mass is 289 g/mol. The van der Waals surface area contributed by atoms with E-state index in [0.717, 1.165) is 39.0 Å². The highest BCUT2D eigenvalue weighted by atomic mass is 16.7. The summed E-state index contributed by atoms with van der Waals surface area (Å²) in [6.07, 6.45) is 5.53. The van der Waals surface area contributed by atoms with Gasteiger partial charge in [0.1, 0.15) is 0 Å². The molecule has 1 saturated carbocycles. The molecule has 3 nitrogen and oxygen atoms in total. The Bertz CT molecular complexity index is 441.